The molecular formula is C16H17Cl2N3OS. The van der Waals surface area contributed by atoms with Gasteiger partial charge in [-0.05, 0) is 36.2 Å². The van der Waals surface area contributed by atoms with Gasteiger partial charge >= 0.3 is 0 Å². The van der Waals surface area contributed by atoms with Crippen molar-refractivity contribution < 1.29 is 4.79 Å². The van der Waals surface area contributed by atoms with Crippen molar-refractivity contribution in [2.45, 2.75) is 25.0 Å². The molecule has 1 aromatic carbocycles. The van der Waals surface area contributed by atoms with Gasteiger partial charge in [-0.1, -0.05) is 35.3 Å². The van der Waals surface area contributed by atoms with Crippen molar-refractivity contribution in [2.24, 2.45) is 0 Å². The minimum atomic E-state index is -0.251. The number of hydrogen-bond acceptors (Lipinski definition) is 4. The Morgan fingerprint density at radius 2 is 2.13 bits per heavy atom. The Kier molecular flexibility index (Phi) is 5.24. The van der Waals surface area contributed by atoms with E-state index in [0.717, 1.165) is 14.8 Å². The minimum absolute atomic E-state index is 0.0616. The molecule has 1 fully saturated rings. The molecule has 1 amide bonds. The van der Waals surface area contributed by atoms with Gasteiger partial charge in [0.1, 0.15) is 6.04 Å². The largest absolute Gasteiger partial charge is 0.339 e. The van der Waals surface area contributed by atoms with Gasteiger partial charge in [0.2, 0.25) is 5.91 Å². The van der Waals surface area contributed by atoms with Crippen molar-refractivity contribution >= 4 is 40.4 Å². The lowest BCUT2D eigenvalue weighted by atomic mass is 10.0. The van der Waals surface area contributed by atoms with Crippen molar-refractivity contribution in [1.82, 2.24) is 15.8 Å². The first kappa shape index (κ1) is 16.7. The summed E-state index contributed by atoms with van der Waals surface area (Å²) in [4.78, 5) is 15.4. The standard InChI is InChI=1S/C16H17Cl2N3OS/c1-21(9-12-5-6-15(18)23-12)16(22)14-8-13(19-20-14)10-3-2-4-11(17)7-10/h2-7,13-14,19-20H,8-9H2,1H3. The van der Waals surface area contributed by atoms with Crippen LogP contribution in [-0.4, -0.2) is 23.9 Å². The lowest BCUT2D eigenvalue weighted by Gasteiger charge is -2.20. The number of carbonyl (C=O) groups excluding carboxylic acids is 1. The van der Waals surface area contributed by atoms with Crippen molar-refractivity contribution in [3.8, 4) is 0 Å². The molecule has 0 aliphatic carbocycles. The summed E-state index contributed by atoms with van der Waals surface area (Å²) in [7, 11) is 1.81. The molecule has 1 aromatic heterocycles. The second-order valence-electron chi connectivity index (χ2n) is 5.58. The number of rotatable bonds is 4. The number of thiophene rings is 1. The fraction of sp³-hybridized carbons (Fsp3) is 0.312. The van der Waals surface area contributed by atoms with Crippen LogP contribution in [0.5, 0.6) is 0 Å². The predicted octanol–water partition coefficient (Wildman–Crippen LogP) is 3.62. The Morgan fingerprint density at radius 3 is 2.83 bits per heavy atom. The van der Waals surface area contributed by atoms with Crippen molar-refractivity contribution in [3.63, 3.8) is 0 Å². The Bertz CT molecular complexity index is 706. The molecule has 2 unspecified atom stereocenters. The number of halogens is 2. The van der Waals surface area contributed by atoms with Crippen molar-refractivity contribution in [3.05, 3.63) is 56.2 Å². The topological polar surface area (TPSA) is 44.4 Å². The first-order valence-electron chi connectivity index (χ1n) is 7.28. The molecule has 0 radical (unpaired) electrons. The Labute approximate surface area is 149 Å². The van der Waals surface area contributed by atoms with Gasteiger partial charge in [-0.15, -0.1) is 11.3 Å². The van der Waals surface area contributed by atoms with Gasteiger partial charge in [0.25, 0.3) is 0 Å². The van der Waals surface area contributed by atoms with Gasteiger partial charge in [0.05, 0.1) is 10.9 Å². The van der Waals surface area contributed by atoms with Gasteiger partial charge in [0.15, 0.2) is 0 Å². The van der Waals surface area contributed by atoms with Crippen LogP contribution in [0.25, 0.3) is 0 Å². The molecule has 0 bridgehead atoms. The number of hydrogen-bond donors (Lipinski definition) is 2. The molecule has 0 saturated carbocycles. The molecule has 2 atom stereocenters. The molecule has 0 spiro atoms. The zero-order valence-corrected chi connectivity index (χ0v) is 14.9. The smallest absolute Gasteiger partial charge is 0.241 e. The second kappa shape index (κ2) is 7.20. The van der Waals surface area contributed by atoms with Gasteiger partial charge in [-0.25, -0.2) is 10.9 Å². The zero-order chi connectivity index (χ0) is 16.4. The number of hydrazine groups is 1. The molecule has 1 aliphatic rings. The summed E-state index contributed by atoms with van der Waals surface area (Å²) >= 11 is 13.5. The van der Waals surface area contributed by atoms with Gasteiger partial charge in [0, 0.05) is 23.0 Å². The fourth-order valence-corrected chi connectivity index (χ4v) is 4.01. The Hall–Kier alpha value is -1.11. The number of benzene rings is 1. The maximum Gasteiger partial charge on any atom is 0.241 e. The molecule has 3 rings (SSSR count). The van der Waals surface area contributed by atoms with Gasteiger partial charge in [-0.2, -0.15) is 0 Å². The molecule has 2 N–H and O–H groups in total. The third-order valence-corrected chi connectivity index (χ3v) is 5.30. The third kappa shape index (κ3) is 4.05. The Balaban J connectivity index is 1.60. The van der Waals surface area contributed by atoms with Crippen LogP contribution in [0.3, 0.4) is 0 Å². The summed E-state index contributed by atoms with van der Waals surface area (Å²) in [6, 6.07) is 11.3. The lowest BCUT2D eigenvalue weighted by molar-refractivity contribution is -0.132. The van der Waals surface area contributed by atoms with E-state index in [1.165, 1.54) is 11.3 Å². The van der Waals surface area contributed by atoms with Crippen LogP contribution in [0, 0.1) is 0 Å². The van der Waals surface area contributed by atoms with Crippen LogP contribution in [0.2, 0.25) is 9.36 Å². The number of nitrogens with zero attached hydrogens (tertiary/aromatic N) is 1. The molecule has 122 valence electrons. The predicted molar refractivity (Wildman–Crippen MR) is 94.7 cm³/mol. The van der Waals surface area contributed by atoms with Crippen LogP contribution < -0.4 is 10.9 Å². The van der Waals surface area contributed by atoms with Crippen LogP contribution in [0.4, 0.5) is 0 Å². The van der Waals surface area contributed by atoms with E-state index < -0.39 is 0 Å². The van der Waals surface area contributed by atoms with Gasteiger partial charge < -0.3 is 4.90 Å². The molecular weight excluding hydrogens is 353 g/mol. The lowest BCUT2D eigenvalue weighted by Crippen LogP contribution is -2.43. The highest BCUT2D eigenvalue weighted by atomic mass is 35.5. The fourth-order valence-electron chi connectivity index (χ4n) is 2.67. The van der Waals surface area contributed by atoms with E-state index in [2.05, 4.69) is 10.9 Å². The van der Waals surface area contributed by atoms with Crippen molar-refractivity contribution in [1.29, 1.82) is 0 Å². The third-order valence-electron chi connectivity index (χ3n) is 3.85. The average Bonchev–Trinajstić information content (AvgIpc) is 3.16. The first-order chi connectivity index (χ1) is 11.0. The van der Waals surface area contributed by atoms with E-state index in [1.54, 1.807) is 4.90 Å². The van der Waals surface area contributed by atoms with E-state index in [-0.39, 0.29) is 18.0 Å². The summed E-state index contributed by atoms with van der Waals surface area (Å²) in [6.07, 6.45) is 0.689. The minimum Gasteiger partial charge on any atom is -0.339 e. The molecule has 4 nitrogen and oxygen atoms in total. The monoisotopic (exact) mass is 369 g/mol. The van der Waals surface area contributed by atoms with E-state index >= 15 is 0 Å². The highest BCUT2D eigenvalue weighted by molar-refractivity contribution is 7.16. The maximum atomic E-state index is 12.6. The Morgan fingerprint density at radius 1 is 1.30 bits per heavy atom. The van der Waals surface area contributed by atoms with Gasteiger partial charge in [-0.3, -0.25) is 4.79 Å². The summed E-state index contributed by atoms with van der Waals surface area (Å²) < 4.78 is 0.738. The van der Waals surface area contributed by atoms with Crippen LogP contribution in [-0.2, 0) is 11.3 Å². The maximum absolute atomic E-state index is 12.6. The molecule has 2 heterocycles. The number of amides is 1. The zero-order valence-electron chi connectivity index (χ0n) is 12.6. The second-order valence-corrected chi connectivity index (χ2v) is 7.82. The normalized spacial score (nSPS) is 20.7. The first-order valence-corrected chi connectivity index (χ1v) is 8.86. The molecule has 7 heteroatoms. The summed E-state index contributed by atoms with van der Waals surface area (Å²) in [5.41, 5.74) is 7.35. The van der Waals surface area contributed by atoms with E-state index in [0.29, 0.717) is 18.0 Å². The number of carbonyl (C=O) groups is 1. The van der Waals surface area contributed by atoms with Crippen molar-refractivity contribution in [2.75, 3.05) is 7.05 Å². The number of nitrogens with one attached hydrogen (secondary N) is 2. The quantitative estimate of drug-likeness (QED) is 0.864. The molecule has 1 saturated heterocycles. The van der Waals surface area contributed by atoms with Crippen LogP contribution in [0.1, 0.15) is 22.9 Å². The summed E-state index contributed by atoms with van der Waals surface area (Å²) in [6.45, 7) is 0.566. The van der Waals surface area contributed by atoms with E-state index in [9.17, 15) is 4.79 Å². The molecule has 23 heavy (non-hydrogen) atoms. The highest BCUT2D eigenvalue weighted by Crippen LogP contribution is 2.26. The SMILES string of the molecule is CN(Cc1ccc(Cl)s1)C(=O)C1CC(c2cccc(Cl)c2)NN1. The van der Waals surface area contributed by atoms with E-state index in [1.807, 2.05) is 43.4 Å². The highest BCUT2D eigenvalue weighted by Gasteiger charge is 2.32. The molecule has 2 aromatic rings. The number of likely N-dealkylation sites (N-methyl/N-ethyl adjacent to an activating group) is 1. The van der Waals surface area contributed by atoms with Crippen LogP contribution in [0.15, 0.2) is 36.4 Å². The van der Waals surface area contributed by atoms with Crippen LogP contribution >= 0.6 is 34.5 Å². The summed E-state index contributed by atoms with van der Waals surface area (Å²) in [5, 5.41) is 0.700. The summed E-state index contributed by atoms with van der Waals surface area (Å²) in [5.74, 6) is 0.0616. The van der Waals surface area contributed by atoms with E-state index in [4.69, 9.17) is 23.2 Å². The molecule has 1 aliphatic heterocycles. The average molecular weight is 370 g/mol.